The second-order valence-corrected chi connectivity index (χ2v) is 5.78. The standard InChI is InChI=1S/C15H15Cl2N3S/c1-20(15(21)19-14-4-2-3-8-18-14)9-7-11-5-6-12(16)10-13(11)17/h2-6,8,10H,7,9H2,1H3,(H,18,19,21). The van der Waals surface area contributed by atoms with Gasteiger partial charge in [-0.1, -0.05) is 35.3 Å². The van der Waals surface area contributed by atoms with Crippen LogP contribution in [0.3, 0.4) is 0 Å². The van der Waals surface area contributed by atoms with Crippen LogP contribution in [0.4, 0.5) is 5.82 Å². The van der Waals surface area contributed by atoms with Crippen LogP contribution in [-0.2, 0) is 6.42 Å². The normalized spacial score (nSPS) is 10.2. The molecule has 0 aliphatic carbocycles. The number of hydrogen-bond donors (Lipinski definition) is 1. The molecule has 0 radical (unpaired) electrons. The lowest BCUT2D eigenvalue weighted by Crippen LogP contribution is -2.33. The molecular formula is C15H15Cl2N3S. The summed E-state index contributed by atoms with van der Waals surface area (Å²) in [7, 11) is 1.93. The Morgan fingerprint density at radius 1 is 1.29 bits per heavy atom. The van der Waals surface area contributed by atoms with Crippen molar-refractivity contribution >= 4 is 46.4 Å². The molecule has 0 aliphatic rings. The molecule has 2 aromatic rings. The molecule has 0 saturated carbocycles. The molecule has 0 atom stereocenters. The number of nitrogens with zero attached hydrogens (tertiary/aromatic N) is 2. The second-order valence-electron chi connectivity index (χ2n) is 4.55. The van der Waals surface area contributed by atoms with Gasteiger partial charge in [0, 0.05) is 29.8 Å². The Morgan fingerprint density at radius 3 is 2.76 bits per heavy atom. The van der Waals surface area contributed by atoms with E-state index in [0.717, 1.165) is 24.3 Å². The van der Waals surface area contributed by atoms with Gasteiger partial charge >= 0.3 is 0 Å². The molecule has 0 spiro atoms. The molecule has 21 heavy (non-hydrogen) atoms. The number of pyridine rings is 1. The highest BCUT2D eigenvalue weighted by molar-refractivity contribution is 7.80. The molecule has 2 rings (SSSR count). The topological polar surface area (TPSA) is 28.2 Å². The van der Waals surface area contributed by atoms with Crippen molar-refractivity contribution in [2.75, 3.05) is 18.9 Å². The van der Waals surface area contributed by atoms with E-state index in [0.29, 0.717) is 15.2 Å². The molecule has 1 N–H and O–H groups in total. The summed E-state index contributed by atoms with van der Waals surface area (Å²) < 4.78 is 0. The van der Waals surface area contributed by atoms with Gasteiger partial charge in [-0.25, -0.2) is 4.98 Å². The first-order valence-electron chi connectivity index (χ1n) is 6.43. The van der Waals surface area contributed by atoms with Crippen molar-refractivity contribution in [3.63, 3.8) is 0 Å². The highest BCUT2D eigenvalue weighted by atomic mass is 35.5. The van der Waals surface area contributed by atoms with Crippen LogP contribution in [-0.4, -0.2) is 28.6 Å². The number of hydrogen-bond acceptors (Lipinski definition) is 2. The van der Waals surface area contributed by atoms with Gasteiger partial charge in [-0.05, 0) is 48.5 Å². The quantitative estimate of drug-likeness (QED) is 0.842. The van der Waals surface area contributed by atoms with Crippen molar-refractivity contribution in [1.29, 1.82) is 0 Å². The molecule has 6 heteroatoms. The van der Waals surface area contributed by atoms with Gasteiger partial charge in [0.05, 0.1) is 0 Å². The van der Waals surface area contributed by atoms with Crippen LogP contribution in [0, 0.1) is 0 Å². The zero-order valence-electron chi connectivity index (χ0n) is 11.5. The summed E-state index contributed by atoms with van der Waals surface area (Å²) in [6, 6.07) is 11.2. The molecule has 0 fully saturated rings. The van der Waals surface area contributed by atoms with Gasteiger partial charge in [0.25, 0.3) is 0 Å². The Balaban J connectivity index is 1.89. The number of rotatable bonds is 4. The zero-order valence-corrected chi connectivity index (χ0v) is 13.8. The van der Waals surface area contributed by atoms with Gasteiger partial charge in [-0.3, -0.25) is 0 Å². The molecule has 1 aromatic carbocycles. The van der Waals surface area contributed by atoms with E-state index in [2.05, 4.69) is 10.3 Å². The molecule has 1 aromatic heterocycles. The lowest BCUT2D eigenvalue weighted by Gasteiger charge is -2.21. The smallest absolute Gasteiger partial charge is 0.174 e. The molecule has 1 heterocycles. The van der Waals surface area contributed by atoms with Crippen LogP contribution < -0.4 is 5.32 Å². The lowest BCUT2D eigenvalue weighted by molar-refractivity contribution is 0.515. The van der Waals surface area contributed by atoms with Crippen molar-refractivity contribution in [2.45, 2.75) is 6.42 Å². The number of halogens is 2. The second kappa shape index (κ2) is 7.59. The van der Waals surface area contributed by atoms with Gasteiger partial charge in [0.1, 0.15) is 5.82 Å². The van der Waals surface area contributed by atoms with E-state index in [1.54, 1.807) is 12.3 Å². The minimum Gasteiger partial charge on any atom is -0.352 e. The molecule has 0 unspecified atom stereocenters. The van der Waals surface area contributed by atoms with E-state index in [-0.39, 0.29) is 0 Å². The zero-order chi connectivity index (χ0) is 15.2. The number of likely N-dealkylation sites (N-methyl/N-ethyl adjacent to an activating group) is 1. The fourth-order valence-electron chi connectivity index (χ4n) is 1.76. The average molecular weight is 340 g/mol. The maximum Gasteiger partial charge on any atom is 0.174 e. The summed E-state index contributed by atoms with van der Waals surface area (Å²) >= 11 is 17.4. The van der Waals surface area contributed by atoms with E-state index >= 15 is 0 Å². The largest absolute Gasteiger partial charge is 0.352 e. The van der Waals surface area contributed by atoms with E-state index in [1.165, 1.54) is 0 Å². The fraction of sp³-hybridized carbons (Fsp3) is 0.200. The Hall–Kier alpha value is -1.36. The average Bonchev–Trinajstić information content (AvgIpc) is 2.47. The third-order valence-corrected chi connectivity index (χ3v) is 3.98. The molecule has 0 saturated heterocycles. The lowest BCUT2D eigenvalue weighted by atomic mass is 10.1. The summed E-state index contributed by atoms with van der Waals surface area (Å²) in [5, 5.41) is 5.04. The molecule has 110 valence electrons. The summed E-state index contributed by atoms with van der Waals surface area (Å²) in [5.74, 6) is 0.735. The van der Waals surface area contributed by atoms with Crippen molar-refractivity contribution in [3.8, 4) is 0 Å². The number of aromatic nitrogens is 1. The number of thiocarbonyl (C=S) groups is 1. The first-order valence-corrected chi connectivity index (χ1v) is 7.60. The molecule has 3 nitrogen and oxygen atoms in total. The molecular weight excluding hydrogens is 325 g/mol. The van der Waals surface area contributed by atoms with Crippen molar-refractivity contribution in [3.05, 3.63) is 58.2 Å². The molecule has 0 aliphatic heterocycles. The van der Waals surface area contributed by atoms with Gasteiger partial charge in [0.15, 0.2) is 5.11 Å². The van der Waals surface area contributed by atoms with E-state index in [4.69, 9.17) is 35.4 Å². The van der Waals surface area contributed by atoms with Gasteiger partial charge in [0.2, 0.25) is 0 Å². The predicted molar refractivity (Wildman–Crippen MR) is 93.3 cm³/mol. The van der Waals surface area contributed by atoms with E-state index in [1.807, 2.05) is 42.3 Å². The molecule has 0 amide bonds. The summed E-state index contributed by atoms with van der Waals surface area (Å²) in [6.07, 6.45) is 2.51. The van der Waals surface area contributed by atoms with Crippen molar-refractivity contribution < 1.29 is 0 Å². The highest BCUT2D eigenvalue weighted by Gasteiger charge is 2.07. The third-order valence-electron chi connectivity index (χ3n) is 2.98. The first-order chi connectivity index (χ1) is 10.1. The number of benzene rings is 1. The van der Waals surface area contributed by atoms with Crippen molar-refractivity contribution in [2.24, 2.45) is 0 Å². The Kier molecular flexibility index (Phi) is 5.79. The first kappa shape index (κ1) is 16.0. The van der Waals surface area contributed by atoms with Crippen LogP contribution in [0.1, 0.15) is 5.56 Å². The minimum absolute atomic E-state index is 0.624. The maximum atomic E-state index is 6.16. The number of nitrogens with one attached hydrogen (secondary N) is 1. The number of anilines is 1. The fourth-order valence-corrected chi connectivity index (χ4v) is 2.45. The monoisotopic (exact) mass is 339 g/mol. The Labute approximate surface area is 139 Å². The van der Waals surface area contributed by atoms with E-state index < -0.39 is 0 Å². The Bertz CT molecular complexity index is 620. The van der Waals surface area contributed by atoms with E-state index in [9.17, 15) is 0 Å². The van der Waals surface area contributed by atoms with Gasteiger partial charge in [-0.15, -0.1) is 0 Å². The van der Waals surface area contributed by atoms with Crippen LogP contribution in [0.15, 0.2) is 42.6 Å². The van der Waals surface area contributed by atoms with Gasteiger partial charge in [-0.2, -0.15) is 0 Å². The van der Waals surface area contributed by atoms with Crippen LogP contribution in [0.2, 0.25) is 10.0 Å². The summed E-state index contributed by atoms with van der Waals surface area (Å²) in [6.45, 7) is 0.750. The summed E-state index contributed by atoms with van der Waals surface area (Å²) in [5.41, 5.74) is 1.05. The third kappa shape index (κ3) is 4.84. The maximum absolute atomic E-state index is 6.16. The van der Waals surface area contributed by atoms with Crippen molar-refractivity contribution in [1.82, 2.24) is 9.88 Å². The SMILES string of the molecule is CN(CCc1ccc(Cl)cc1Cl)C(=S)Nc1ccccn1. The van der Waals surface area contributed by atoms with Gasteiger partial charge < -0.3 is 10.2 Å². The minimum atomic E-state index is 0.624. The molecule has 0 bridgehead atoms. The van der Waals surface area contributed by atoms with Crippen LogP contribution in [0.25, 0.3) is 0 Å². The highest BCUT2D eigenvalue weighted by Crippen LogP contribution is 2.21. The predicted octanol–water partition coefficient (Wildman–Crippen LogP) is 4.26. The van der Waals surface area contributed by atoms with Crippen LogP contribution in [0.5, 0.6) is 0 Å². The summed E-state index contributed by atoms with van der Waals surface area (Å²) in [4.78, 5) is 6.14. The Morgan fingerprint density at radius 2 is 2.10 bits per heavy atom. The van der Waals surface area contributed by atoms with Crippen LogP contribution >= 0.6 is 35.4 Å².